The van der Waals surface area contributed by atoms with E-state index < -0.39 is 11.7 Å². The topological polar surface area (TPSA) is 102 Å². The number of aromatic nitrogens is 2. The molecule has 7 nitrogen and oxygen atoms in total. The molecule has 7 heteroatoms. The Morgan fingerprint density at radius 2 is 1.89 bits per heavy atom. The van der Waals surface area contributed by atoms with Gasteiger partial charge in [-0.2, -0.15) is 0 Å². The quantitative estimate of drug-likeness (QED) is 0.599. The summed E-state index contributed by atoms with van der Waals surface area (Å²) in [6, 6.07) is 9.46. The van der Waals surface area contributed by atoms with E-state index >= 15 is 0 Å². The van der Waals surface area contributed by atoms with Crippen LogP contribution in [0.5, 0.6) is 0 Å². The Bertz CT molecular complexity index is 1060. The Balaban J connectivity index is 1.96. The molecule has 1 heterocycles. The van der Waals surface area contributed by atoms with Gasteiger partial charge in [0.25, 0.3) is 0 Å². The van der Waals surface area contributed by atoms with Crippen molar-refractivity contribution in [2.45, 2.75) is 33.3 Å². The van der Waals surface area contributed by atoms with Crippen molar-refractivity contribution in [3.05, 3.63) is 46.4 Å². The first kappa shape index (κ1) is 18.6. The molecule has 0 spiro atoms. The second kappa shape index (κ2) is 6.50. The summed E-state index contributed by atoms with van der Waals surface area (Å²) in [5.74, 6) is 0. The second-order valence-electron chi connectivity index (χ2n) is 7.61. The molecular weight excluding hydrogens is 344 g/mol. The molecule has 27 heavy (non-hydrogen) atoms. The Kier molecular flexibility index (Phi) is 4.47. The maximum absolute atomic E-state index is 12.0. The van der Waals surface area contributed by atoms with Gasteiger partial charge in [0, 0.05) is 7.05 Å². The third-order valence-corrected chi connectivity index (χ3v) is 4.23. The number of nitrogen functional groups attached to an aromatic ring is 1. The molecule has 3 aromatic rings. The van der Waals surface area contributed by atoms with Gasteiger partial charge in [0.2, 0.25) is 0 Å². The summed E-state index contributed by atoms with van der Waals surface area (Å²) >= 11 is 0. The van der Waals surface area contributed by atoms with Crippen LogP contribution in [0.4, 0.5) is 16.2 Å². The van der Waals surface area contributed by atoms with Gasteiger partial charge in [0.15, 0.2) is 0 Å². The Morgan fingerprint density at radius 1 is 1.19 bits per heavy atom. The number of benzene rings is 2. The average Bonchev–Trinajstić information content (AvgIpc) is 2.83. The standard InChI is InChI=1S/C20H24N4O3/c1-11-8-13(9-14(21)17(11)23-19(26)27-20(2,3)4)12-6-7-15-16(10-12)24(5)18(25)22-15/h6-10H,21H2,1-5H3,(H,22,25)(H,23,26). The number of nitrogens with zero attached hydrogens (tertiary/aromatic N) is 1. The molecule has 4 N–H and O–H groups in total. The number of amides is 1. The van der Waals surface area contributed by atoms with E-state index in [1.807, 2.05) is 31.2 Å². The van der Waals surface area contributed by atoms with Crippen molar-refractivity contribution in [3.8, 4) is 11.1 Å². The fraction of sp³-hybridized carbons (Fsp3) is 0.300. The first-order valence-corrected chi connectivity index (χ1v) is 8.64. The van der Waals surface area contributed by atoms with Crippen LogP contribution in [0.1, 0.15) is 26.3 Å². The van der Waals surface area contributed by atoms with Crippen LogP contribution in [-0.4, -0.2) is 21.2 Å². The Hall–Kier alpha value is -3.22. The average molecular weight is 368 g/mol. The number of H-pyrrole nitrogens is 1. The minimum atomic E-state index is -0.589. The van der Waals surface area contributed by atoms with E-state index in [2.05, 4.69) is 10.3 Å². The van der Waals surface area contributed by atoms with E-state index in [0.717, 1.165) is 27.7 Å². The van der Waals surface area contributed by atoms with Gasteiger partial charge in [-0.3, -0.25) is 9.88 Å². The summed E-state index contributed by atoms with van der Waals surface area (Å²) in [6.07, 6.45) is -0.547. The molecule has 0 unspecified atom stereocenters. The fourth-order valence-electron chi connectivity index (χ4n) is 2.96. The molecule has 2 aromatic carbocycles. The highest BCUT2D eigenvalue weighted by molar-refractivity contribution is 5.92. The number of hydrogen-bond donors (Lipinski definition) is 3. The SMILES string of the molecule is Cc1cc(-c2ccc3[nH]c(=O)n(C)c3c2)cc(N)c1NC(=O)OC(C)(C)C. The van der Waals surface area contributed by atoms with Crippen LogP contribution in [0.15, 0.2) is 35.1 Å². The van der Waals surface area contributed by atoms with Crippen molar-refractivity contribution >= 4 is 28.5 Å². The smallest absolute Gasteiger partial charge is 0.412 e. The lowest BCUT2D eigenvalue weighted by Crippen LogP contribution is -2.27. The Morgan fingerprint density at radius 3 is 2.52 bits per heavy atom. The number of fused-ring (bicyclic) bond motifs is 1. The zero-order chi connectivity index (χ0) is 19.9. The van der Waals surface area contributed by atoms with Gasteiger partial charge >= 0.3 is 11.8 Å². The Labute approximate surface area is 157 Å². The number of hydrogen-bond acceptors (Lipinski definition) is 4. The van der Waals surface area contributed by atoms with E-state index in [0.29, 0.717) is 11.4 Å². The number of carbonyl (C=O) groups excluding carboxylic acids is 1. The molecule has 0 saturated heterocycles. The zero-order valence-corrected chi connectivity index (χ0v) is 16.1. The molecule has 3 rings (SSSR count). The number of rotatable bonds is 2. The van der Waals surface area contributed by atoms with E-state index in [1.165, 1.54) is 0 Å². The van der Waals surface area contributed by atoms with Gasteiger partial charge in [-0.1, -0.05) is 6.07 Å². The number of anilines is 2. The molecule has 0 aliphatic heterocycles. The second-order valence-corrected chi connectivity index (χ2v) is 7.61. The molecule has 0 atom stereocenters. The summed E-state index contributed by atoms with van der Waals surface area (Å²) in [7, 11) is 1.72. The normalized spacial score (nSPS) is 11.6. The van der Waals surface area contributed by atoms with Crippen molar-refractivity contribution in [2.24, 2.45) is 7.05 Å². The highest BCUT2D eigenvalue weighted by Crippen LogP contribution is 2.32. The number of nitrogens with two attached hydrogens (primary N) is 1. The van der Waals surface area contributed by atoms with Gasteiger partial charge in [0.1, 0.15) is 5.60 Å². The van der Waals surface area contributed by atoms with Gasteiger partial charge in [-0.15, -0.1) is 0 Å². The first-order chi connectivity index (χ1) is 12.5. The molecule has 1 aromatic heterocycles. The molecule has 0 radical (unpaired) electrons. The molecular formula is C20H24N4O3. The number of nitrogens with one attached hydrogen (secondary N) is 2. The highest BCUT2D eigenvalue weighted by atomic mass is 16.6. The van der Waals surface area contributed by atoms with Crippen LogP contribution in [0, 0.1) is 6.92 Å². The van der Waals surface area contributed by atoms with Crippen LogP contribution in [0.2, 0.25) is 0 Å². The van der Waals surface area contributed by atoms with Crippen molar-refractivity contribution in [2.75, 3.05) is 11.1 Å². The maximum atomic E-state index is 12.0. The lowest BCUT2D eigenvalue weighted by atomic mass is 10.0. The lowest BCUT2D eigenvalue weighted by Gasteiger charge is -2.21. The number of carbonyl (C=O) groups is 1. The molecule has 142 valence electrons. The molecule has 0 saturated carbocycles. The molecule has 0 aliphatic rings. The number of aromatic amines is 1. The van der Waals surface area contributed by atoms with E-state index in [1.54, 1.807) is 38.5 Å². The summed E-state index contributed by atoms with van der Waals surface area (Å²) in [5, 5.41) is 2.72. The first-order valence-electron chi connectivity index (χ1n) is 8.64. The fourth-order valence-corrected chi connectivity index (χ4v) is 2.96. The number of ether oxygens (including phenoxy) is 1. The van der Waals surface area contributed by atoms with E-state index in [-0.39, 0.29) is 5.69 Å². The third kappa shape index (κ3) is 3.81. The van der Waals surface area contributed by atoms with E-state index in [9.17, 15) is 9.59 Å². The minimum Gasteiger partial charge on any atom is -0.444 e. The van der Waals surface area contributed by atoms with Crippen molar-refractivity contribution in [3.63, 3.8) is 0 Å². The monoisotopic (exact) mass is 368 g/mol. The predicted molar refractivity (Wildman–Crippen MR) is 108 cm³/mol. The van der Waals surface area contributed by atoms with Crippen LogP contribution in [0.3, 0.4) is 0 Å². The van der Waals surface area contributed by atoms with Gasteiger partial charge in [0.05, 0.1) is 22.4 Å². The zero-order valence-electron chi connectivity index (χ0n) is 16.1. The lowest BCUT2D eigenvalue weighted by molar-refractivity contribution is 0.0636. The molecule has 1 amide bonds. The predicted octanol–water partition coefficient (Wildman–Crippen LogP) is 3.77. The number of imidazole rings is 1. The van der Waals surface area contributed by atoms with Crippen molar-refractivity contribution in [1.29, 1.82) is 0 Å². The van der Waals surface area contributed by atoms with Gasteiger partial charge < -0.3 is 15.5 Å². The maximum Gasteiger partial charge on any atom is 0.412 e. The van der Waals surface area contributed by atoms with E-state index in [4.69, 9.17) is 10.5 Å². The molecule has 0 aliphatic carbocycles. The van der Waals surface area contributed by atoms with Crippen LogP contribution in [-0.2, 0) is 11.8 Å². The highest BCUT2D eigenvalue weighted by Gasteiger charge is 2.18. The third-order valence-electron chi connectivity index (χ3n) is 4.23. The van der Waals surface area contributed by atoms with Crippen LogP contribution in [0.25, 0.3) is 22.2 Å². The minimum absolute atomic E-state index is 0.158. The van der Waals surface area contributed by atoms with Gasteiger partial charge in [-0.05, 0) is 68.7 Å². The summed E-state index contributed by atoms with van der Waals surface area (Å²) in [6.45, 7) is 7.28. The van der Waals surface area contributed by atoms with Crippen molar-refractivity contribution < 1.29 is 9.53 Å². The number of aryl methyl sites for hydroxylation is 2. The van der Waals surface area contributed by atoms with Crippen molar-refractivity contribution in [1.82, 2.24) is 9.55 Å². The molecule has 0 bridgehead atoms. The summed E-state index contributed by atoms with van der Waals surface area (Å²) in [5.41, 5.74) is 10.6. The summed E-state index contributed by atoms with van der Waals surface area (Å²) < 4.78 is 6.85. The van der Waals surface area contributed by atoms with Gasteiger partial charge in [-0.25, -0.2) is 9.59 Å². The van der Waals surface area contributed by atoms with Crippen LogP contribution < -0.4 is 16.7 Å². The van der Waals surface area contributed by atoms with Crippen LogP contribution >= 0.6 is 0 Å². The largest absolute Gasteiger partial charge is 0.444 e. The summed E-state index contributed by atoms with van der Waals surface area (Å²) in [4.78, 5) is 26.6. The molecule has 0 fully saturated rings.